The average Bonchev–Trinajstić information content (AvgIpc) is 2.29. The van der Waals surface area contributed by atoms with E-state index in [1.807, 2.05) is 32.0 Å². The Balaban J connectivity index is 2.57. The molecule has 0 saturated heterocycles. The standard InChI is InChI=1S/C14H15NO2/c1-3-17-13-6-4-5-12(16)14(13)11-9-10(2)7-8-15-11/h4-9,16H,3H2,1-2H3. The molecule has 2 rings (SSSR count). The van der Waals surface area contributed by atoms with Gasteiger partial charge in [0, 0.05) is 6.20 Å². The molecule has 2 aromatic rings. The summed E-state index contributed by atoms with van der Waals surface area (Å²) in [6.45, 7) is 4.46. The minimum absolute atomic E-state index is 0.189. The first-order valence-electron chi connectivity index (χ1n) is 5.60. The van der Waals surface area contributed by atoms with Crippen LogP contribution in [-0.2, 0) is 0 Å². The van der Waals surface area contributed by atoms with E-state index in [2.05, 4.69) is 4.98 Å². The summed E-state index contributed by atoms with van der Waals surface area (Å²) in [4.78, 5) is 4.27. The van der Waals surface area contributed by atoms with Gasteiger partial charge in [-0.15, -0.1) is 0 Å². The summed E-state index contributed by atoms with van der Waals surface area (Å²) < 4.78 is 5.51. The summed E-state index contributed by atoms with van der Waals surface area (Å²) in [5.41, 5.74) is 2.48. The molecule has 0 bridgehead atoms. The van der Waals surface area contributed by atoms with Crippen LogP contribution in [0, 0.1) is 6.92 Å². The second kappa shape index (κ2) is 4.87. The van der Waals surface area contributed by atoms with Gasteiger partial charge in [-0.1, -0.05) is 6.07 Å². The summed E-state index contributed by atoms with van der Waals surface area (Å²) in [6.07, 6.45) is 1.73. The molecule has 0 unspecified atom stereocenters. The Morgan fingerprint density at radius 2 is 2.12 bits per heavy atom. The Kier molecular flexibility index (Phi) is 3.28. The van der Waals surface area contributed by atoms with Crippen molar-refractivity contribution in [2.75, 3.05) is 6.61 Å². The van der Waals surface area contributed by atoms with Crippen molar-refractivity contribution in [1.29, 1.82) is 0 Å². The van der Waals surface area contributed by atoms with Gasteiger partial charge in [0.1, 0.15) is 11.5 Å². The van der Waals surface area contributed by atoms with Gasteiger partial charge < -0.3 is 9.84 Å². The van der Waals surface area contributed by atoms with Crippen molar-refractivity contribution in [3.05, 3.63) is 42.1 Å². The van der Waals surface area contributed by atoms with E-state index in [0.717, 1.165) is 11.3 Å². The number of benzene rings is 1. The number of pyridine rings is 1. The Morgan fingerprint density at radius 3 is 2.82 bits per heavy atom. The molecular formula is C14H15NO2. The summed E-state index contributed by atoms with van der Waals surface area (Å²) in [5, 5.41) is 9.94. The van der Waals surface area contributed by atoms with Crippen LogP contribution < -0.4 is 4.74 Å². The number of aromatic hydroxyl groups is 1. The van der Waals surface area contributed by atoms with Crippen molar-refractivity contribution in [1.82, 2.24) is 4.98 Å². The van der Waals surface area contributed by atoms with Crippen LogP contribution in [0.2, 0.25) is 0 Å². The van der Waals surface area contributed by atoms with Gasteiger partial charge in [0.15, 0.2) is 0 Å². The van der Waals surface area contributed by atoms with Gasteiger partial charge in [0.05, 0.1) is 17.9 Å². The number of phenolic OH excluding ortho intramolecular Hbond substituents is 1. The van der Waals surface area contributed by atoms with Gasteiger partial charge in [0.25, 0.3) is 0 Å². The third-order valence-electron chi connectivity index (χ3n) is 2.48. The molecule has 0 amide bonds. The fraction of sp³-hybridized carbons (Fsp3) is 0.214. The molecule has 17 heavy (non-hydrogen) atoms. The van der Waals surface area contributed by atoms with Crippen LogP contribution >= 0.6 is 0 Å². The first kappa shape index (κ1) is 11.5. The van der Waals surface area contributed by atoms with Gasteiger partial charge in [0.2, 0.25) is 0 Å². The van der Waals surface area contributed by atoms with E-state index >= 15 is 0 Å². The first-order chi connectivity index (χ1) is 8.22. The summed E-state index contributed by atoms with van der Waals surface area (Å²) >= 11 is 0. The number of rotatable bonds is 3. The van der Waals surface area contributed by atoms with Crippen LogP contribution in [0.25, 0.3) is 11.3 Å². The largest absolute Gasteiger partial charge is 0.507 e. The SMILES string of the molecule is CCOc1cccc(O)c1-c1cc(C)ccn1. The second-order valence-corrected chi connectivity index (χ2v) is 3.80. The lowest BCUT2D eigenvalue weighted by Gasteiger charge is -2.11. The highest BCUT2D eigenvalue weighted by Crippen LogP contribution is 2.36. The number of aromatic nitrogens is 1. The third kappa shape index (κ3) is 2.38. The quantitative estimate of drug-likeness (QED) is 0.879. The minimum Gasteiger partial charge on any atom is -0.507 e. The number of phenols is 1. The molecule has 0 fully saturated rings. The van der Waals surface area contributed by atoms with Crippen LogP contribution in [0.15, 0.2) is 36.5 Å². The molecule has 1 aromatic carbocycles. The predicted octanol–water partition coefficient (Wildman–Crippen LogP) is 3.16. The average molecular weight is 229 g/mol. The monoisotopic (exact) mass is 229 g/mol. The maximum Gasteiger partial charge on any atom is 0.132 e. The molecule has 88 valence electrons. The number of hydrogen-bond donors (Lipinski definition) is 1. The second-order valence-electron chi connectivity index (χ2n) is 3.80. The lowest BCUT2D eigenvalue weighted by Crippen LogP contribution is -1.95. The van der Waals surface area contributed by atoms with Crippen molar-refractivity contribution in [2.45, 2.75) is 13.8 Å². The lowest BCUT2D eigenvalue weighted by atomic mass is 10.1. The Hall–Kier alpha value is -2.03. The summed E-state index contributed by atoms with van der Waals surface area (Å²) in [7, 11) is 0. The highest BCUT2D eigenvalue weighted by molar-refractivity contribution is 5.74. The molecule has 1 heterocycles. The Labute approximate surface area is 101 Å². The van der Waals surface area contributed by atoms with Crippen molar-refractivity contribution >= 4 is 0 Å². The van der Waals surface area contributed by atoms with Crippen molar-refractivity contribution in [3.63, 3.8) is 0 Å². The molecule has 0 aliphatic rings. The van der Waals surface area contributed by atoms with E-state index < -0.39 is 0 Å². The van der Waals surface area contributed by atoms with Gasteiger partial charge in [-0.05, 0) is 43.7 Å². The normalized spacial score (nSPS) is 10.2. The van der Waals surface area contributed by atoms with Crippen molar-refractivity contribution in [3.8, 4) is 22.8 Å². The van der Waals surface area contributed by atoms with Crippen molar-refractivity contribution < 1.29 is 9.84 Å². The fourth-order valence-corrected chi connectivity index (χ4v) is 1.73. The van der Waals surface area contributed by atoms with Crippen LogP contribution in [0.3, 0.4) is 0 Å². The van der Waals surface area contributed by atoms with E-state index in [1.54, 1.807) is 18.3 Å². The zero-order valence-corrected chi connectivity index (χ0v) is 9.97. The van der Waals surface area contributed by atoms with Gasteiger partial charge in [-0.3, -0.25) is 4.98 Å². The molecule has 1 aromatic heterocycles. The molecule has 0 aliphatic heterocycles. The molecule has 0 radical (unpaired) electrons. The number of hydrogen-bond acceptors (Lipinski definition) is 3. The highest BCUT2D eigenvalue weighted by atomic mass is 16.5. The van der Waals surface area contributed by atoms with E-state index in [4.69, 9.17) is 4.74 Å². The maximum atomic E-state index is 9.94. The molecule has 1 N–H and O–H groups in total. The Bertz CT molecular complexity index is 523. The predicted molar refractivity (Wildman–Crippen MR) is 67.2 cm³/mol. The molecular weight excluding hydrogens is 214 g/mol. The third-order valence-corrected chi connectivity index (χ3v) is 2.48. The number of aryl methyl sites for hydroxylation is 1. The first-order valence-corrected chi connectivity index (χ1v) is 5.60. The number of nitrogens with zero attached hydrogens (tertiary/aromatic N) is 1. The topological polar surface area (TPSA) is 42.4 Å². The van der Waals surface area contributed by atoms with Gasteiger partial charge in [-0.25, -0.2) is 0 Å². The van der Waals surface area contributed by atoms with Gasteiger partial charge >= 0.3 is 0 Å². The molecule has 3 nitrogen and oxygen atoms in total. The maximum absolute atomic E-state index is 9.94. The molecule has 0 aliphatic carbocycles. The fourth-order valence-electron chi connectivity index (χ4n) is 1.73. The molecule has 0 atom stereocenters. The van der Waals surface area contributed by atoms with E-state index in [9.17, 15) is 5.11 Å². The van der Waals surface area contributed by atoms with E-state index in [0.29, 0.717) is 17.9 Å². The number of ether oxygens (including phenoxy) is 1. The van der Waals surface area contributed by atoms with Crippen molar-refractivity contribution in [2.24, 2.45) is 0 Å². The highest BCUT2D eigenvalue weighted by Gasteiger charge is 2.12. The van der Waals surface area contributed by atoms with Gasteiger partial charge in [-0.2, -0.15) is 0 Å². The summed E-state index contributed by atoms with van der Waals surface area (Å²) in [5.74, 6) is 0.847. The van der Waals surface area contributed by atoms with E-state index in [1.165, 1.54) is 0 Å². The smallest absolute Gasteiger partial charge is 0.132 e. The lowest BCUT2D eigenvalue weighted by molar-refractivity contribution is 0.339. The molecule has 0 saturated carbocycles. The van der Waals surface area contributed by atoms with Crippen LogP contribution in [0.4, 0.5) is 0 Å². The summed E-state index contributed by atoms with van der Waals surface area (Å²) in [6, 6.07) is 9.09. The minimum atomic E-state index is 0.189. The van der Waals surface area contributed by atoms with Crippen LogP contribution in [0.5, 0.6) is 11.5 Å². The molecule has 0 spiro atoms. The van der Waals surface area contributed by atoms with Crippen LogP contribution in [-0.4, -0.2) is 16.7 Å². The Morgan fingerprint density at radius 1 is 1.29 bits per heavy atom. The van der Waals surface area contributed by atoms with Crippen LogP contribution in [0.1, 0.15) is 12.5 Å². The zero-order chi connectivity index (χ0) is 12.3. The molecule has 3 heteroatoms. The zero-order valence-electron chi connectivity index (χ0n) is 9.97. The van der Waals surface area contributed by atoms with E-state index in [-0.39, 0.29) is 5.75 Å².